The number of nitroso groups, excluding NO2 is 2. The Bertz CT molecular complexity index is 228. The normalized spacial score (nSPS) is 8.86. The van der Waals surface area contributed by atoms with Gasteiger partial charge in [0.25, 0.3) is 0 Å². The van der Waals surface area contributed by atoms with E-state index in [1.54, 1.807) is 0 Å². The summed E-state index contributed by atoms with van der Waals surface area (Å²) in [5, 5.41) is 5.12. The van der Waals surface area contributed by atoms with E-state index in [1.165, 1.54) is 0 Å². The van der Waals surface area contributed by atoms with E-state index in [2.05, 4.69) is 10.6 Å². The summed E-state index contributed by atoms with van der Waals surface area (Å²) in [6.07, 6.45) is 0. The summed E-state index contributed by atoms with van der Waals surface area (Å²) in [7, 11) is 0. The van der Waals surface area contributed by atoms with E-state index < -0.39 is 12.1 Å². The summed E-state index contributed by atoms with van der Waals surface area (Å²) >= 11 is 0. The number of hydrogen-bond acceptors (Lipinski definition) is 6. The third kappa shape index (κ3) is 3.42. The molecule has 0 aromatic carbocycles. The first-order chi connectivity index (χ1) is 6.52. The van der Waals surface area contributed by atoms with Crippen molar-refractivity contribution in [2.24, 2.45) is 22.0 Å². The zero-order valence-electron chi connectivity index (χ0n) is 6.99. The van der Waals surface area contributed by atoms with Crippen molar-refractivity contribution in [3.8, 4) is 0 Å². The number of carbonyl (C=O) groups excluding carboxylic acids is 2. The van der Waals surface area contributed by atoms with Gasteiger partial charge >= 0.3 is 12.1 Å². The number of nitrogens with two attached hydrogens (primary N) is 2. The smallest absolute Gasteiger partial charge is 0.337 e. The Labute approximate surface area is 77.7 Å². The molecule has 4 N–H and O–H groups in total. The minimum absolute atomic E-state index is 0.321. The molecule has 0 aliphatic rings. The zero-order valence-corrected chi connectivity index (χ0v) is 6.99. The molecule has 14 heavy (non-hydrogen) atoms. The highest BCUT2D eigenvalue weighted by Crippen LogP contribution is 1.93. The van der Waals surface area contributed by atoms with Crippen LogP contribution in [0.15, 0.2) is 10.6 Å². The Morgan fingerprint density at radius 3 is 1.36 bits per heavy atom. The van der Waals surface area contributed by atoms with E-state index >= 15 is 0 Å². The largest absolute Gasteiger partial charge is 0.350 e. The molecule has 0 aliphatic heterocycles. The lowest BCUT2D eigenvalue weighted by Crippen LogP contribution is -2.40. The molecule has 0 unspecified atom stereocenters. The summed E-state index contributed by atoms with van der Waals surface area (Å²) in [6, 6.07) is -2.20. The summed E-state index contributed by atoms with van der Waals surface area (Å²) in [6.45, 7) is -0.707. The Hall–Kier alpha value is -2.26. The minimum atomic E-state index is -1.10. The maximum atomic E-state index is 10.4. The number of hydrogen-bond donors (Lipinski definition) is 2. The SMILES string of the molecule is NC(=O)N(CCN(N=O)C(N)=O)N=O. The molecule has 0 aromatic heterocycles. The van der Waals surface area contributed by atoms with Gasteiger partial charge in [0.15, 0.2) is 0 Å². The van der Waals surface area contributed by atoms with Gasteiger partial charge in [0.2, 0.25) is 0 Å². The fourth-order valence-corrected chi connectivity index (χ4v) is 0.572. The van der Waals surface area contributed by atoms with Gasteiger partial charge in [-0.15, -0.1) is 9.81 Å². The highest BCUT2D eigenvalue weighted by atomic mass is 16.3. The van der Waals surface area contributed by atoms with Crippen LogP contribution >= 0.6 is 0 Å². The molecule has 0 aliphatic carbocycles. The summed E-state index contributed by atoms with van der Waals surface area (Å²) < 4.78 is 0. The van der Waals surface area contributed by atoms with Crippen LogP contribution in [0.4, 0.5) is 9.59 Å². The van der Waals surface area contributed by atoms with Crippen LogP contribution < -0.4 is 11.5 Å². The average Bonchev–Trinajstić information content (AvgIpc) is 2.11. The number of amides is 4. The highest BCUT2D eigenvalue weighted by Gasteiger charge is 2.15. The first-order valence-corrected chi connectivity index (χ1v) is 3.33. The predicted octanol–water partition coefficient (Wildman–Crippen LogP) is -0.889. The van der Waals surface area contributed by atoms with E-state index in [1.807, 2.05) is 0 Å². The lowest BCUT2D eigenvalue weighted by molar-refractivity contribution is 0.187. The van der Waals surface area contributed by atoms with Crippen LogP contribution in [0.2, 0.25) is 0 Å². The quantitative estimate of drug-likeness (QED) is 0.440. The molecule has 0 bridgehead atoms. The number of nitrogens with zero attached hydrogens (tertiary/aromatic N) is 4. The van der Waals surface area contributed by atoms with Gasteiger partial charge in [0.05, 0.1) is 23.7 Å². The molecule has 0 radical (unpaired) electrons. The van der Waals surface area contributed by atoms with Crippen LogP contribution in [0.25, 0.3) is 0 Å². The topological polar surface area (TPSA) is 152 Å². The lowest BCUT2D eigenvalue weighted by atomic mass is 10.6. The first kappa shape index (κ1) is 11.7. The average molecular weight is 204 g/mol. The Morgan fingerprint density at radius 1 is 0.929 bits per heavy atom. The zero-order chi connectivity index (χ0) is 11.1. The second-order valence-corrected chi connectivity index (χ2v) is 2.09. The highest BCUT2D eigenvalue weighted by molar-refractivity contribution is 5.72. The van der Waals surface area contributed by atoms with Crippen molar-refractivity contribution in [2.45, 2.75) is 0 Å². The molecule has 0 saturated carbocycles. The summed E-state index contributed by atoms with van der Waals surface area (Å²) in [5.41, 5.74) is 9.40. The summed E-state index contributed by atoms with van der Waals surface area (Å²) in [4.78, 5) is 40.7. The van der Waals surface area contributed by atoms with Crippen LogP contribution in [0.3, 0.4) is 0 Å². The van der Waals surface area contributed by atoms with Gasteiger partial charge in [-0.05, 0) is 0 Å². The van der Waals surface area contributed by atoms with Crippen molar-refractivity contribution in [3.63, 3.8) is 0 Å². The van der Waals surface area contributed by atoms with Crippen molar-refractivity contribution in [1.29, 1.82) is 0 Å². The van der Waals surface area contributed by atoms with Crippen LogP contribution in [0.5, 0.6) is 0 Å². The van der Waals surface area contributed by atoms with E-state index in [0.29, 0.717) is 10.0 Å². The maximum absolute atomic E-state index is 10.4. The van der Waals surface area contributed by atoms with Gasteiger partial charge in [-0.2, -0.15) is 10.0 Å². The fraction of sp³-hybridized carbons (Fsp3) is 0.500. The van der Waals surface area contributed by atoms with Gasteiger partial charge in [-0.3, -0.25) is 0 Å². The van der Waals surface area contributed by atoms with Gasteiger partial charge in [0.1, 0.15) is 0 Å². The molecular weight excluding hydrogens is 196 g/mol. The van der Waals surface area contributed by atoms with E-state index in [-0.39, 0.29) is 13.1 Å². The molecule has 0 rings (SSSR count). The monoisotopic (exact) mass is 204 g/mol. The predicted molar refractivity (Wildman–Crippen MR) is 44.2 cm³/mol. The van der Waals surface area contributed by atoms with Crippen LogP contribution in [-0.4, -0.2) is 35.2 Å². The second-order valence-electron chi connectivity index (χ2n) is 2.09. The van der Waals surface area contributed by atoms with E-state index in [0.717, 1.165) is 0 Å². The molecule has 0 saturated heterocycles. The fourth-order valence-electron chi connectivity index (χ4n) is 0.572. The molecule has 10 nitrogen and oxygen atoms in total. The van der Waals surface area contributed by atoms with Crippen molar-refractivity contribution < 1.29 is 9.59 Å². The maximum Gasteiger partial charge on any atom is 0.337 e. The van der Waals surface area contributed by atoms with Crippen molar-refractivity contribution in [2.75, 3.05) is 13.1 Å². The van der Waals surface area contributed by atoms with Crippen molar-refractivity contribution in [1.82, 2.24) is 10.0 Å². The minimum Gasteiger partial charge on any atom is -0.350 e. The Morgan fingerprint density at radius 2 is 1.21 bits per heavy atom. The lowest BCUT2D eigenvalue weighted by Gasteiger charge is -2.13. The van der Waals surface area contributed by atoms with Gasteiger partial charge in [-0.1, -0.05) is 0 Å². The molecule has 10 heteroatoms. The van der Waals surface area contributed by atoms with Gasteiger partial charge in [0, 0.05) is 0 Å². The Balaban J connectivity index is 4.13. The number of primary amides is 2. The first-order valence-electron chi connectivity index (χ1n) is 3.33. The second kappa shape index (κ2) is 5.40. The van der Waals surface area contributed by atoms with Gasteiger partial charge < -0.3 is 11.5 Å². The summed E-state index contributed by atoms with van der Waals surface area (Å²) in [5.74, 6) is 0. The molecule has 0 spiro atoms. The molecule has 0 fully saturated rings. The molecular formula is C4H8N6O4. The Kier molecular flexibility index (Phi) is 4.53. The molecule has 4 amide bonds. The van der Waals surface area contributed by atoms with Crippen LogP contribution in [-0.2, 0) is 0 Å². The number of carbonyl (C=O) groups is 2. The molecule has 78 valence electrons. The van der Waals surface area contributed by atoms with Crippen LogP contribution in [0.1, 0.15) is 0 Å². The molecule has 0 aromatic rings. The molecule has 0 atom stereocenters. The molecule has 0 heterocycles. The standard InChI is InChI=1S/C4H8N6O4/c5-3(11)9(7-13)1-2-10(8-14)4(6)12/h1-2H2,(H2,5,11)(H2,6,12). The van der Waals surface area contributed by atoms with Gasteiger partial charge in [-0.25, -0.2) is 9.59 Å². The number of rotatable bonds is 5. The van der Waals surface area contributed by atoms with E-state index in [9.17, 15) is 19.4 Å². The van der Waals surface area contributed by atoms with Crippen LogP contribution in [0, 0.1) is 9.81 Å². The van der Waals surface area contributed by atoms with E-state index in [4.69, 9.17) is 11.5 Å². The third-order valence-electron chi connectivity index (χ3n) is 1.23. The van der Waals surface area contributed by atoms with Crippen molar-refractivity contribution >= 4 is 12.1 Å². The third-order valence-corrected chi connectivity index (χ3v) is 1.23. The number of urea groups is 2. The van der Waals surface area contributed by atoms with Crippen molar-refractivity contribution in [3.05, 3.63) is 9.81 Å².